The Kier molecular flexibility index (Phi) is 5.68. The van der Waals surface area contributed by atoms with Crippen LogP contribution < -0.4 is 5.32 Å². The summed E-state index contributed by atoms with van der Waals surface area (Å²) >= 11 is 0. The van der Waals surface area contributed by atoms with Crippen LogP contribution in [-0.2, 0) is 13.1 Å². The van der Waals surface area contributed by atoms with Crippen LogP contribution in [0, 0.1) is 0 Å². The first-order valence-electron chi connectivity index (χ1n) is 8.66. The molecule has 0 aliphatic carbocycles. The molecule has 5 nitrogen and oxygen atoms in total. The average molecular weight is 358 g/mol. The van der Waals surface area contributed by atoms with E-state index in [1.165, 1.54) is 22.2 Å². The van der Waals surface area contributed by atoms with Crippen molar-refractivity contribution < 1.29 is 0 Å². The van der Waals surface area contributed by atoms with Gasteiger partial charge in [-0.1, -0.05) is 24.3 Å². The Morgan fingerprint density at radius 1 is 1.20 bits per heavy atom. The van der Waals surface area contributed by atoms with Crippen molar-refractivity contribution in [3.8, 4) is 0 Å². The van der Waals surface area contributed by atoms with Crippen LogP contribution in [0.2, 0.25) is 0 Å². The first-order valence-corrected chi connectivity index (χ1v) is 8.66. The third-order valence-corrected chi connectivity index (χ3v) is 4.81. The Balaban J connectivity index is 0.00000182. The van der Waals surface area contributed by atoms with Crippen LogP contribution in [0.3, 0.4) is 0 Å². The van der Waals surface area contributed by atoms with Crippen molar-refractivity contribution in [1.29, 1.82) is 0 Å². The van der Waals surface area contributed by atoms with E-state index in [-0.39, 0.29) is 12.4 Å². The van der Waals surface area contributed by atoms with Crippen LogP contribution in [0.5, 0.6) is 0 Å². The van der Waals surface area contributed by atoms with Crippen LogP contribution in [0.4, 0.5) is 0 Å². The van der Waals surface area contributed by atoms with E-state index in [4.69, 9.17) is 5.10 Å². The molecule has 0 bridgehead atoms. The quantitative estimate of drug-likeness (QED) is 0.779. The van der Waals surface area contributed by atoms with E-state index in [9.17, 15) is 0 Å². The molecular weight excluding hydrogens is 334 g/mol. The smallest absolute Gasteiger partial charge is 0.0843 e. The minimum absolute atomic E-state index is 0. The fraction of sp³-hybridized carbons (Fsp3) is 0.368. The molecule has 1 saturated heterocycles. The van der Waals surface area contributed by atoms with Gasteiger partial charge in [-0.15, -0.1) is 12.4 Å². The van der Waals surface area contributed by atoms with Crippen molar-refractivity contribution in [3.63, 3.8) is 0 Å². The highest BCUT2D eigenvalue weighted by atomic mass is 35.5. The molecule has 0 spiro atoms. The fourth-order valence-electron chi connectivity index (χ4n) is 3.58. The Bertz CT molecular complexity index is 817. The zero-order chi connectivity index (χ0) is 16.4. The number of hydrogen-bond donors (Lipinski definition) is 1. The number of nitrogens with zero attached hydrogens (tertiary/aromatic N) is 4. The molecule has 3 heterocycles. The zero-order valence-corrected chi connectivity index (χ0v) is 15.2. The Hall–Kier alpha value is -1.95. The van der Waals surface area contributed by atoms with Crippen molar-refractivity contribution in [2.24, 2.45) is 0 Å². The molecular formula is C19H24ClN5. The van der Waals surface area contributed by atoms with Crippen LogP contribution in [0.1, 0.15) is 24.2 Å². The first kappa shape index (κ1) is 17.9. The second kappa shape index (κ2) is 7.95. The summed E-state index contributed by atoms with van der Waals surface area (Å²) in [7, 11) is 0. The molecule has 1 aliphatic rings. The van der Waals surface area contributed by atoms with E-state index < -0.39 is 0 Å². The van der Waals surface area contributed by atoms with E-state index in [2.05, 4.69) is 57.1 Å². The number of benzene rings is 1. The van der Waals surface area contributed by atoms with Crippen molar-refractivity contribution in [2.75, 3.05) is 19.6 Å². The summed E-state index contributed by atoms with van der Waals surface area (Å²) in [5, 5.41) is 9.64. The van der Waals surface area contributed by atoms with E-state index in [0.29, 0.717) is 6.04 Å². The van der Waals surface area contributed by atoms with Crippen LogP contribution in [0.15, 0.2) is 48.8 Å². The van der Waals surface area contributed by atoms with Crippen molar-refractivity contribution in [3.05, 3.63) is 60.0 Å². The molecule has 1 N–H and O–H groups in total. The summed E-state index contributed by atoms with van der Waals surface area (Å²) in [6.45, 7) is 6.91. The molecule has 25 heavy (non-hydrogen) atoms. The molecule has 0 saturated carbocycles. The van der Waals surface area contributed by atoms with Gasteiger partial charge in [0.15, 0.2) is 0 Å². The van der Waals surface area contributed by atoms with Gasteiger partial charge < -0.3 is 5.32 Å². The lowest BCUT2D eigenvalue weighted by molar-refractivity contribution is 0.152. The monoisotopic (exact) mass is 357 g/mol. The van der Waals surface area contributed by atoms with Gasteiger partial charge in [0.25, 0.3) is 0 Å². The molecule has 4 rings (SSSR count). The van der Waals surface area contributed by atoms with Gasteiger partial charge in [-0.25, -0.2) is 0 Å². The second-order valence-corrected chi connectivity index (χ2v) is 6.26. The highest BCUT2D eigenvalue weighted by Crippen LogP contribution is 2.26. The number of aryl methyl sites for hydroxylation is 1. The van der Waals surface area contributed by atoms with E-state index in [1.54, 1.807) is 0 Å². The maximum Gasteiger partial charge on any atom is 0.0843 e. The minimum Gasteiger partial charge on any atom is -0.314 e. The largest absolute Gasteiger partial charge is 0.314 e. The summed E-state index contributed by atoms with van der Waals surface area (Å²) in [6, 6.07) is 13.1. The van der Waals surface area contributed by atoms with Crippen molar-refractivity contribution in [1.82, 2.24) is 25.0 Å². The van der Waals surface area contributed by atoms with Gasteiger partial charge in [0, 0.05) is 56.5 Å². The molecule has 132 valence electrons. The van der Waals surface area contributed by atoms with Gasteiger partial charge in [0.05, 0.1) is 11.2 Å². The number of fused-ring (bicyclic) bond motifs is 1. The first-order chi connectivity index (χ1) is 11.9. The predicted molar refractivity (Wildman–Crippen MR) is 103 cm³/mol. The summed E-state index contributed by atoms with van der Waals surface area (Å²) in [5.41, 5.74) is 3.66. The molecule has 1 aromatic carbocycles. The standard InChI is InChI=1S/C19H23N5.ClH/c1-2-24-18-8-4-3-7-16(18)17(22-24)14-23-11-10-21-13-19(23)15-6-5-9-20-12-15;/h3-9,12,19,21H,2,10-11,13-14H2,1H3;1H. The van der Waals surface area contributed by atoms with Gasteiger partial charge in [-0.2, -0.15) is 5.10 Å². The number of halogens is 1. The molecule has 1 unspecified atom stereocenters. The lowest BCUT2D eigenvalue weighted by atomic mass is 10.0. The average Bonchev–Trinajstić information content (AvgIpc) is 3.01. The highest BCUT2D eigenvalue weighted by molar-refractivity contribution is 5.85. The lowest BCUT2D eigenvalue weighted by Gasteiger charge is -2.35. The molecule has 1 aliphatic heterocycles. The number of para-hydroxylation sites is 1. The number of hydrogen-bond acceptors (Lipinski definition) is 4. The van der Waals surface area contributed by atoms with E-state index in [0.717, 1.165) is 32.7 Å². The summed E-state index contributed by atoms with van der Waals surface area (Å²) in [4.78, 5) is 6.81. The molecule has 3 aromatic rings. The summed E-state index contributed by atoms with van der Waals surface area (Å²) in [6.07, 6.45) is 3.81. The number of piperazine rings is 1. The minimum atomic E-state index is 0. The number of pyridine rings is 1. The molecule has 1 atom stereocenters. The molecule has 0 amide bonds. The molecule has 1 fully saturated rings. The molecule has 6 heteroatoms. The maximum absolute atomic E-state index is 4.87. The van der Waals surface area contributed by atoms with Crippen LogP contribution in [0.25, 0.3) is 10.9 Å². The van der Waals surface area contributed by atoms with Gasteiger partial charge in [-0.3, -0.25) is 14.6 Å². The van der Waals surface area contributed by atoms with E-state index >= 15 is 0 Å². The number of rotatable bonds is 4. The van der Waals surface area contributed by atoms with Gasteiger partial charge in [0.2, 0.25) is 0 Å². The fourth-order valence-corrected chi connectivity index (χ4v) is 3.58. The van der Waals surface area contributed by atoms with Gasteiger partial charge >= 0.3 is 0 Å². The zero-order valence-electron chi connectivity index (χ0n) is 14.4. The van der Waals surface area contributed by atoms with Gasteiger partial charge in [0.1, 0.15) is 0 Å². The SMILES string of the molecule is CCn1nc(CN2CCNCC2c2cccnc2)c2ccccc21.Cl. The predicted octanol–water partition coefficient (Wildman–Crippen LogP) is 3.02. The number of aromatic nitrogens is 3. The normalized spacial score (nSPS) is 18.2. The van der Waals surface area contributed by atoms with Gasteiger partial charge in [-0.05, 0) is 24.6 Å². The summed E-state index contributed by atoms with van der Waals surface area (Å²) in [5.74, 6) is 0. The number of nitrogens with one attached hydrogen (secondary N) is 1. The Morgan fingerprint density at radius 3 is 2.88 bits per heavy atom. The lowest BCUT2D eigenvalue weighted by Crippen LogP contribution is -2.45. The third kappa shape index (κ3) is 3.54. The van der Waals surface area contributed by atoms with Crippen LogP contribution in [-0.4, -0.2) is 39.3 Å². The third-order valence-electron chi connectivity index (χ3n) is 4.81. The Morgan fingerprint density at radius 2 is 2.08 bits per heavy atom. The Labute approximate surface area is 154 Å². The second-order valence-electron chi connectivity index (χ2n) is 6.26. The van der Waals surface area contributed by atoms with E-state index in [1.807, 2.05) is 18.5 Å². The molecule has 2 aromatic heterocycles. The maximum atomic E-state index is 4.87. The van der Waals surface area contributed by atoms with Crippen LogP contribution >= 0.6 is 12.4 Å². The van der Waals surface area contributed by atoms with Crippen molar-refractivity contribution >= 4 is 23.3 Å². The highest BCUT2D eigenvalue weighted by Gasteiger charge is 2.25. The summed E-state index contributed by atoms with van der Waals surface area (Å²) < 4.78 is 2.10. The van der Waals surface area contributed by atoms with Crippen molar-refractivity contribution in [2.45, 2.75) is 26.1 Å². The molecule has 0 radical (unpaired) electrons. The topological polar surface area (TPSA) is 46.0 Å².